The molecule has 148 valence electrons. The summed E-state index contributed by atoms with van der Waals surface area (Å²) < 4.78 is 26.6. The Morgan fingerprint density at radius 1 is 0.690 bits per heavy atom. The van der Waals surface area contributed by atoms with Crippen molar-refractivity contribution in [2.45, 2.75) is 12.8 Å². The van der Waals surface area contributed by atoms with Gasteiger partial charge in [-0.2, -0.15) is 4.98 Å². The summed E-state index contributed by atoms with van der Waals surface area (Å²) in [6.07, 6.45) is 1.13. The molecule has 0 amide bonds. The standard InChI is InChI=1S/C22H18F2N4.ClH/c23-16-6-1-13(2-7-16)11-15-5-10-19-20(21(25)28-22(26)27-19)18(15)12-14-3-8-17(24)9-4-14;/h1-10H,11-12H2,(H4,25,26,27,28);1H. The molecule has 0 aliphatic rings. The quantitative estimate of drug-likeness (QED) is 0.510. The average Bonchev–Trinajstić information content (AvgIpc) is 2.66. The molecule has 3 aromatic carbocycles. The molecule has 0 saturated carbocycles. The Balaban J connectivity index is 0.00000240. The fourth-order valence-electron chi connectivity index (χ4n) is 3.38. The predicted molar refractivity (Wildman–Crippen MR) is 114 cm³/mol. The van der Waals surface area contributed by atoms with Crippen LogP contribution in [-0.4, -0.2) is 9.97 Å². The molecule has 0 saturated heterocycles. The van der Waals surface area contributed by atoms with Crippen LogP contribution in [0, 0.1) is 11.6 Å². The first-order chi connectivity index (χ1) is 13.5. The first-order valence-electron chi connectivity index (χ1n) is 8.82. The van der Waals surface area contributed by atoms with E-state index in [0.29, 0.717) is 24.2 Å². The van der Waals surface area contributed by atoms with E-state index in [1.165, 1.54) is 24.3 Å². The summed E-state index contributed by atoms with van der Waals surface area (Å²) in [7, 11) is 0. The van der Waals surface area contributed by atoms with Gasteiger partial charge in [-0.05, 0) is 65.4 Å². The summed E-state index contributed by atoms with van der Waals surface area (Å²) in [6.45, 7) is 0. The second-order valence-corrected chi connectivity index (χ2v) is 6.67. The van der Waals surface area contributed by atoms with Gasteiger partial charge in [0.1, 0.15) is 17.5 Å². The molecular weight excluding hydrogens is 394 g/mol. The van der Waals surface area contributed by atoms with Gasteiger partial charge in [0, 0.05) is 5.39 Å². The van der Waals surface area contributed by atoms with E-state index in [1.807, 2.05) is 12.1 Å². The zero-order valence-corrected chi connectivity index (χ0v) is 16.2. The highest BCUT2D eigenvalue weighted by Crippen LogP contribution is 2.30. The summed E-state index contributed by atoms with van der Waals surface area (Å²) in [6, 6.07) is 16.5. The molecule has 0 fully saturated rings. The van der Waals surface area contributed by atoms with E-state index < -0.39 is 0 Å². The highest BCUT2D eigenvalue weighted by atomic mass is 35.5. The highest BCUT2D eigenvalue weighted by molar-refractivity contribution is 5.93. The van der Waals surface area contributed by atoms with Crippen molar-refractivity contribution in [2.75, 3.05) is 11.5 Å². The predicted octanol–water partition coefficient (Wildman–Crippen LogP) is 4.68. The van der Waals surface area contributed by atoms with E-state index in [-0.39, 0.29) is 30.0 Å². The Labute approximate surface area is 173 Å². The number of benzene rings is 3. The van der Waals surface area contributed by atoms with Gasteiger partial charge in [-0.15, -0.1) is 12.4 Å². The number of anilines is 2. The number of hydrogen-bond donors (Lipinski definition) is 2. The van der Waals surface area contributed by atoms with E-state index >= 15 is 0 Å². The van der Waals surface area contributed by atoms with Crippen LogP contribution in [0.5, 0.6) is 0 Å². The number of rotatable bonds is 4. The summed E-state index contributed by atoms with van der Waals surface area (Å²) in [5, 5.41) is 0.734. The maximum atomic E-state index is 13.3. The lowest BCUT2D eigenvalue weighted by Crippen LogP contribution is -2.06. The lowest BCUT2D eigenvalue weighted by Gasteiger charge is -2.15. The monoisotopic (exact) mass is 412 g/mol. The number of hydrogen-bond acceptors (Lipinski definition) is 4. The van der Waals surface area contributed by atoms with Crippen LogP contribution in [0.1, 0.15) is 22.3 Å². The minimum Gasteiger partial charge on any atom is -0.383 e. The molecule has 7 heteroatoms. The van der Waals surface area contributed by atoms with E-state index in [1.54, 1.807) is 24.3 Å². The molecule has 1 aromatic heterocycles. The summed E-state index contributed by atoms with van der Waals surface area (Å²) >= 11 is 0. The van der Waals surface area contributed by atoms with Crippen LogP contribution in [0.4, 0.5) is 20.5 Å². The molecule has 0 aliphatic heterocycles. The molecular formula is C22H19ClF2N4. The highest BCUT2D eigenvalue weighted by Gasteiger charge is 2.14. The number of nitrogens with two attached hydrogens (primary N) is 2. The fourth-order valence-corrected chi connectivity index (χ4v) is 3.38. The second kappa shape index (κ2) is 8.41. The molecule has 4 nitrogen and oxygen atoms in total. The zero-order chi connectivity index (χ0) is 19.7. The van der Waals surface area contributed by atoms with Crippen molar-refractivity contribution >= 4 is 35.1 Å². The van der Waals surface area contributed by atoms with Crippen LogP contribution in [-0.2, 0) is 12.8 Å². The van der Waals surface area contributed by atoms with Crippen molar-refractivity contribution in [3.05, 3.63) is 94.6 Å². The smallest absolute Gasteiger partial charge is 0.222 e. The molecule has 29 heavy (non-hydrogen) atoms. The number of nitrogens with zero attached hydrogens (tertiary/aromatic N) is 2. The molecule has 0 spiro atoms. The third-order valence-electron chi connectivity index (χ3n) is 4.72. The van der Waals surface area contributed by atoms with Crippen molar-refractivity contribution in [3.63, 3.8) is 0 Å². The Bertz CT molecular complexity index is 1150. The number of aromatic nitrogens is 2. The van der Waals surface area contributed by atoms with Crippen LogP contribution in [0.2, 0.25) is 0 Å². The van der Waals surface area contributed by atoms with Gasteiger partial charge >= 0.3 is 0 Å². The largest absolute Gasteiger partial charge is 0.383 e. The maximum Gasteiger partial charge on any atom is 0.222 e. The SMILES string of the molecule is Cl.Nc1nc(N)c2c(Cc3ccc(F)cc3)c(Cc3ccc(F)cc3)ccc2n1. The van der Waals surface area contributed by atoms with E-state index in [0.717, 1.165) is 27.6 Å². The van der Waals surface area contributed by atoms with Crippen molar-refractivity contribution in [1.29, 1.82) is 0 Å². The molecule has 4 N–H and O–H groups in total. The van der Waals surface area contributed by atoms with Gasteiger partial charge in [0.2, 0.25) is 5.95 Å². The van der Waals surface area contributed by atoms with Gasteiger partial charge in [0.25, 0.3) is 0 Å². The Morgan fingerprint density at radius 3 is 1.83 bits per heavy atom. The number of nitrogen functional groups attached to an aromatic ring is 2. The van der Waals surface area contributed by atoms with Crippen LogP contribution < -0.4 is 11.5 Å². The molecule has 0 unspecified atom stereocenters. The number of fused-ring (bicyclic) bond motifs is 1. The van der Waals surface area contributed by atoms with Crippen molar-refractivity contribution < 1.29 is 8.78 Å². The zero-order valence-electron chi connectivity index (χ0n) is 15.4. The van der Waals surface area contributed by atoms with Crippen LogP contribution in [0.3, 0.4) is 0 Å². The number of halogens is 3. The second-order valence-electron chi connectivity index (χ2n) is 6.67. The summed E-state index contributed by atoms with van der Waals surface area (Å²) in [4.78, 5) is 8.40. The topological polar surface area (TPSA) is 77.8 Å². The van der Waals surface area contributed by atoms with E-state index in [9.17, 15) is 8.78 Å². The summed E-state index contributed by atoms with van der Waals surface area (Å²) in [5.74, 6) is -0.143. The first-order valence-corrected chi connectivity index (χ1v) is 8.82. The lowest BCUT2D eigenvalue weighted by molar-refractivity contribution is 0.626. The van der Waals surface area contributed by atoms with Crippen LogP contribution >= 0.6 is 12.4 Å². The third kappa shape index (κ3) is 4.43. The van der Waals surface area contributed by atoms with Crippen LogP contribution in [0.25, 0.3) is 10.9 Å². The third-order valence-corrected chi connectivity index (χ3v) is 4.72. The summed E-state index contributed by atoms with van der Waals surface area (Å²) in [5.41, 5.74) is 16.4. The molecule has 1 heterocycles. The first kappa shape index (κ1) is 20.5. The molecule has 0 bridgehead atoms. The maximum absolute atomic E-state index is 13.3. The van der Waals surface area contributed by atoms with Crippen molar-refractivity contribution in [1.82, 2.24) is 9.97 Å². The van der Waals surface area contributed by atoms with E-state index in [4.69, 9.17) is 11.5 Å². The van der Waals surface area contributed by atoms with Gasteiger partial charge in [-0.3, -0.25) is 0 Å². The minimum atomic E-state index is -0.288. The lowest BCUT2D eigenvalue weighted by atomic mass is 9.92. The van der Waals surface area contributed by atoms with Gasteiger partial charge in [0.15, 0.2) is 0 Å². The van der Waals surface area contributed by atoms with Gasteiger partial charge < -0.3 is 11.5 Å². The van der Waals surface area contributed by atoms with Crippen molar-refractivity contribution in [2.24, 2.45) is 0 Å². The molecule has 4 rings (SSSR count). The van der Waals surface area contributed by atoms with Gasteiger partial charge in [-0.25, -0.2) is 13.8 Å². The van der Waals surface area contributed by atoms with Gasteiger partial charge in [0.05, 0.1) is 5.52 Å². The molecule has 4 aromatic rings. The molecule has 0 atom stereocenters. The van der Waals surface area contributed by atoms with Gasteiger partial charge in [-0.1, -0.05) is 30.3 Å². The Hall–Kier alpha value is -3.25. The van der Waals surface area contributed by atoms with E-state index in [2.05, 4.69) is 9.97 Å². The minimum absolute atomic E-state index is 0. The Kier molecular flexibility index (Phi) is 5.94. The average molecular weight is 413 g/mol. The normalized spacial score (nSPS) is 10.7. The Morgan fingerprint density at radius 2 is 1.24 bits per heavy atom. The van der Waals surface area contributed by atoms with Crippen molar-refractivity contribution in [3.8, 4) is 0 Å². The molecule has 0 radical (unpaired) electrons. The van der Waals surface area contributed by atoms with Crippen LogP contribution in [0.15, 0.2) is 60.7 Å². The fraction of sp³-hybridized carbons (Fsp3) is 0.0909. The molecule has 0 aliphatic carbocycles.